The molecule has 1 aliphatic heterocycles. The van der Waals surface area contributed by atoms with E-state index in [2.05, 4.69) is 43.9 Å². The monoisotopic (exact) mass is 324 g/mol. The number of rotatable bonds is 5. The van der Waals surface area contributed by atoms with Crippen LogP contribution in [0.3, 0.4) is 0 Å². The average Bonchev–Trinajstić information content (AvgIpc) is 2.85. The first-order valence-electron chi connectivity index (χ1n) is 8.24. The summed E-state index contributed by atoms with van der Waals surface area (Å²) in [6, 6.07) is 8.94. The van der Waals surface area contributed by atoms with E-state index in [9.17, 15) is 0 Å². The lowest BCUT2D eigenvalue weighted by atomic mass is 9.56. The fourth-order valence-electron chi connectivity index (χ4n) is 4.57. The van der Waals surface area contributed by atoms with Crippen molar-refractivity contribution in [2.24, 2.45) is 11.3 Å². The Balaban J connectivity index is 0.00000176. The van der Waals surface area contributed by atoms with Gasteiger partial charge in [0.15, 0.2) is 0 Å². The van der Waals surface area contributed by atoms with Crippen molar-refractivity contribution in [3.63, 3.8) is 0 Å². The van der Waals surface area contributed by atoms with Gasteiger partial charge in [-0.1, -0.05) is 32.9 Å². The van der Waals surface area contributed by atoms with Gasteiger partial charge in [0.1, 0.15) is 0 Å². The number of nitrogens with zero attached hydrogens (tertiary/aromatic N) is 1. The zero-order chi connectivity index (χ0) is 15.0. The molecule has 1 heterocycles. The Morgan fingerprint density at radius 2 is 2.14 bits per heavy atom. The van der Waals surface area contributed by atoms with E-state index in [1.807, 2.05) is 6.07 Å². The molecular weight excluding hydrogens is 296 g/mol. The molecule has 0 radical (unpaired) electrons. The minimum atomic E-state index is 0. The molecule has 124 valence electrons. The van der Waals surface area contributed by atoms with Gasteiger partial charge in [-0.15, -0.1) is 12.4 Å². The highest BCUT2D eigenvalue weighted by Gasteiger charge is 2.60. The van der Waals surface area contributed by atoms with Gasteiger partial charge in [-0.05, 0) is 37.1 Å². The van der Waals surface area contributed by atoms with Crippen molar-refractivity contribution < 1.29 is 4.74 Å². The average molecular weight is 325 g/mol. The molecule has 0 bridgehead atoms. The Morgan fingerprint density at radius 1 is 1.36 bits per heavy atom. The van der Waals surface area contributed by atoms with E-state index in [-0.39, 0.29) is 17.8 Å². The second kappa shape index (κ2) is 6.77. The maximum Gasteiger partial charge on any atom is 0.0685 e. The zero-order valence-electron chi connectivity index (χ0n) is 13.9. The van der Waals surface area contributed by atoms with Crippen LogP contribution in [0.2, 0.25) is 0 Å². The molecule has 3 unspecified atom stereocenters. The summed E-state index contributed by atoms with van der Waals surface area (Å²) in [6.07, 6.45) is 2.87. The van der Waals surface area contributed by atoms with Gasteiger partial charge in [0.25, 0.3) is 0 Å². The first-order chi connectivity index (χ1) is 10.0. The number of nitrogen functional groups attached to an aromatic ring is 1. The van der Waals surface area contributed by atoms with Crippen molar-refractivity contribution in [2.75, 3.05) is 18.9 Å². The molecular formula is C18H29ClN2O. The Kier molecular flexibility index (Phi) is 5.41. The van der Waals surface area contributed by atoms with Crippen molar-refractivity contribution in [1.82, 2.24) is 4.90 Å². The summed E-state index contributed by atoms with van der Waals surface area (Å²) >= 11 is 0. The summed E-state index contributed by atoms with van der Waals surface area (Å²) < 4.78 is 5.95. The Morgan fingerprint density at radius 3 is 2.82 bits per heavy atom. The highest BCUT2D eigenvalue weighted by molar-refractivity contribution is 5.85. The normalized spacial score (nSPS) is 28.8. The highest BCUT2D eigenvalue weighted by Crippen LogP contribution is 2.54. The van der Waals surface area contributed by atoms with Crippen LogP contribution in [0.4, 0.5) is 5.69 Å². The van der Waals surface area contributed by atoms with E-state index in [0.717, 1.165) is 25.4 Å². The largest absolute Gasteiger partial charge is 0.399 e. The van der Waals surface area contributed by atoms with Crippen molar-refractivity contribution >= 4 is 18.1 Å². The van der Waals surface area contributed by atoms with Gasteiger partial charge >= 0.3 is 0 Å². The number of nitrogens with two attached hydrogens (primary N) is 1. The van der Waals surface area contributed by atoms with Gasteiger partial charge in [0.05, 0.1) is 6.10 Å². The van der Waals surface area contributed by atoms with E-state index in [1.54, 1.807) is 0 Å². The van der Waals surface area contributed by atoms with Gasteiger partial charge < -0.3 is 10.5 Å². The molecule has 3 nitrogen and oxygen atoms in total. The molecule has 0 amide bonds. The maximum atomic E-state index is 5.95. The summed E-state index contributed by atoms with van der Waals surface area (Å²) in [6.45, 7) is 10.1. The Labute approximate surface area is 140 Å². The van der Waals surface area contributed by atoms with Gasteiger partial charge in [-0.2, -0.15) is 0 Å². The Bertz CT molecular complexity index is 506. The third-order valence-electron chi connectivity index (χ3n) is 5.28. The molecule has 1 aliphatic carbocycles. The van der Waals surface area contributed by atoms with E-state index in [4.69, 9.17) is 10.5 Å². The first kappa shape index (κ1) is 17.6. The van der Waals surface area contributed by atoms with Crippen LogP contribution in [-0.4, -0.2) is 30.2 Å². The van der Waals surface area contributed by atoms with Gasteiger partial charge in [-0.25, -0.2) is 0 Å². The third kappa shape index (κ3) is 2.99. The number of anilines is 1. The fraction of sp³-hybridized carbons (Fsp3) is 0.667. The smallest absolute Gasteiger partial charge is 0.0685 e. The molecule has 2 fully saturated rings. The molecule has 1 saturated carbocycles. The molecule has 3 atom stereocenters. The molecule has 1 saturated heterocycles. The Hall–Kier alpha value is -0.770. The molecule has 3 rings (SSSR count). The molecule has 1 aromatic rings. The predicted molar refractivity (Wildman–Crippen MR) is 94.2 cm³/mol. The molecule has 0 spiro atoms. The minimum Gasteiger partial charge on any atom is -0.399 e. The lowest BCUT2D eigenvalue weighted by Crippen LogP contribution is -2.66. The lowest BCUT2D eigenvalue weighted by Gasteiger charge is -2.58. The number of hydrogen-bond donors (Lipinski definition) is 1. The number of fused-ring (bicyclic) bond motifs is 1. The predicted octanol–water partition coefficient (Wildman–Crippen LogP) is 3.72. The molecule has 1 aromatic carbocycles. The van der Waals surface area contributed by atoms with Gasteiger partial charge in [0.2, 0.25) is 0 Å². The molecule has 0 aromatic heterocycles. The maximum absolute atomic E-state index is 5.95. The molecule has 22 heavy (non-hydrogen) atoms. The van der Waals surface area contributed by atoms with Gasteiger partial charge in [0, 0.05) is 36.2 Å². The van der Waals surface area contributed by atoms with Crippen molar-refractivity contribution in [3.8, 4) is 0 Å². The van der Waals surface area contributed by atoms with Crippen LogP contribution in [0.1, 0.15) is 39.2 Å². The second-order valence-corrected chi connectivity index (χ2v) is 7.23. The summed E-state index contributed by atoms with van der Waals surface area (Å²) in [5, 5.41) is 0. The summed E-state index contributed by atoms with van der Waals surface area (Å²) in [4.78, 5) is 2.66. The van der Waals surface area contributed by atoms with Crippen LogP contribution in [0.15, 0.2) is 24.3 Å². The van der Waals surface area contributed by atoms with E-state index in [1.165, 1.54) is 18.4 Å². The van der Waals surface area contributed by atoms with Crippen LogP contribution >= 0.6 is 12.4 Å². The van der Waals surface area contributed by atoms with E-state index >= 15 is 0 Å². The summed E-state index contributed by atoms with van der Waals surface area (Å²) in [5.41, 5.74) is 8.37. The fourth-order valence-corrected chi connectivity index (χ4v) is 4.57. The molecule has 4 heteroatoms. The van der Waals surface area contributed by atoms with Crippen LogP contribution in [0.5, 0.6) is 0 Å². The number of halogens is 1. The molecule has 2 aliphatic rings. The van der Waals surface area contributed by atoms with Crippen LogP contribution in [0, 0.1) is 11.3 Å². The van der Waals surface area contributed by atoms with Gasteiger partial charge in [-0.3, -0.25) is 4.90 Å². The van der Waals surface area contributed by atoms with Crippen molar-refractivity contribution in [1.29, 1.82) is 0 Å². The van der Waals surface area contributed by atoms with Crippen LogP contribution in [0.25, 0.3) is 0 Å². The van der Waals surface area contributed by atoms with Crippen molar-refractivity contribution in [3.05, 3.63) is 29.8 Å². The summed E-state index contributed by atoms with van der Waals surface area (Å²) in [5.74, 6) is 0.715. The van der Waals surface area contributed by atoms with E-state index in [0.29, 0.717) is 18.1 Å². The number of hydrogen-bond acceptors (Lipinski definition) is 3. The topological polar surface area (TPSA) is 38.5 Å². The highest BCUT2D eigenvalue weighted by atomic mass is 35.5. The standard InChI is InChI=1S/C18H28N2O.ClH/c1-4-9-20(12-13-6-5-7-14(19)11-13)16-15-8-10-21-17(15)18(16,2)3;/h5-7,11,15-17H,4,8-10,12,19H2,1-3H3;1H. The van der Waals surface area contributed by atoms with Crippen LogP contribution in [-0.2, 0) is 11.3 Å². The SMILES string of the molecule is CCCN(Cc1cccc(N)c1)C1C2CCOC2C1(C)C.Cl. The zero-order valence-corrected chi connectivity index (χ0v) is 14.7. The molecule has 2 N–H and O–H groups in total. The summed E-state index contributed by atoms with van der Waals surface area (Å²) in [7, 11) is 0. The third-order valence-corrected chi connectivity index (χ3v) is 5.28. The lowest BCUT2D eigenvalue weighted by molar-refractivity contribution is -0.157. The minimum absolute atomic E-state index is 0. The number of benzene rings is 1. The van der Waals surface area contributed by atoms with E-state index < -0.39 is 0 Å². The number of ether oxygens (including phenoxy) is 1. The quantitative estimate of drug-likeness (QED) is 0.839. The van der Waals surface area contributed by atoms with Crippen LogP contribution < -0.4 is 5.73 Å². The first-order valence-corrected chi connectivity index (χ1v) is 8.24. The van der Waals surface area contributed by atoms with Crippen molar-refractivity contribution in [2.45, 2.75) is 52.3 Å². The second-order valence-electron chi connectivity index (χ2n) is 7.23.